The van der Waals surface area contributed by atoms with Gasteiger partial charge in [-0.3, -0.25) is 0 Å². The van der Waals surface area contributed by atoms with E-state index >= 15 is 4.39 Å². The number of nitrogens with one attached hydrogen (secondary N) is 1. The lowest BCUT2D eigenvalue weighted by Gasteiger charge is -2.37. The van der Waals surface area contributed by atoms with Crippen molar-refractivity contribution < 1.29 is 17.5 Å². The summed E-state index contributed by atoms with van der Waals surface area (Å²) in [7, 11) is -0.323. The molecule has 0 unspecified atom stereocenters. The van der Waals surface area contributed by atoms with Crippen molar-refractivity contribution in [1.29, 1.82) is 0 Å². The Labute approximate surface area is 208 Å². The second kappa shape index (κ2) is 11.0. The summed E-state index contributed by atoms with van der Waals surface area (Å²) in [6.45, 7) is 3.34. The van der Waals surface area contributed by atoms with Crippen LogP contribution in [-0.2, 0) is 14.8 Å². The minimum atomic E-state index is -4.35. The molecule has 3 rings (SSSR count). The predicted molar refractivity (Wildman–Crippen MR) is 133 cm³/mol. The molecule has 1 heterocycles. The van der Waals surface area contributed by atoms with Gasteiger partial charge in [0.25, 0.3) is 10.0 Å². The van der Waals surface area contributed by atoms with E-state index in [4.69, 9.17) is 27.9 Å². The molecule has 0 bridgehead atoms. The molecule has 0 radical (unpaired) electrons. The number of likely N-dealkylation sites (N-methyl/N-ethyl adjacent to an activating group) is 1. The Morgan fingerprint density at radius 1 is 1.27 bits per heavy atom. The first-order valence-corrected chi connectivity index (χ1v) is 13.7. The third kappa shape index (κ3) is 5.91. The Kier molecular flexibility index (Phi) is 8.85. The third-order valence-corrected chi connectivity index (χ3v) is 9.31. The molecule has 0 amide bonds. The summed E-state index contributed by atoms with van der Waals surface area (Å²) in [5.41, 5.74) is 0.853. The summed E-state index contributed by atoms with van der Waals surface area (Å²) in [6.07, 6.45) is 4.15. The Balaban J connectivity index is 1.95. The summed E-state index contributed by atoms with van der Waals surface area (Å²) >= 11 is 13.5. The number of aryl methyl sites for hydroxylation is 1. The van der Waals surface area contributed by atoms with Gasteiger partial charge in [0.1, 0.15) is 21.8 Å². The molecule has 1 aliphatic carbocycles. The second-order valence-electron chi connectivity index (χ2n) is 8.16. The average molecular weight is 540 g/mol. The fourth-order valence-electron chi connectivity index (χ4n) is 3.93. The van der Waals surface area contributed by atoms with Gasteiger partial charge in [-0.05, 0) is 52.9 Å². The van der Waals surface area contributed by atoms with E-state index in [0.29, 0.717) is 15.7 Å². The van der Waals surface area contributed by atoms with Crippen LogP contribution in [0.5, 0.6) is 0 Å². The highest BCUT2D eigenvalue weighted by Gasteiger charge is 2.33. The second-order valence-corrected chi connectivity index (χ2v) is 12.0. The fourth-order valence-corrected chi connectivity index (χ4v) is 6.82. The standard InChI is InChI=1S/C21H29Cl2FN4O3S2/c1-5-31-12-28(21-25-13(2)20(23)32-21)33(29,30)19-10-14(22)17(11-15(19)24)26-16-8-6-7-9-18(16)27(3)4/h10-11,16,18,26H,5-9,12H2,1-4H3/t16-,18-/m0/s1. The largest absolute Gasteiger partial charge is 0.379 e. The smallest absolute Gasteiger partial charge is 0.271 e. The zero-order chi connectivity index (χ0) is 24.3. The Morgan fingerprint density at radius 2 is 1.97 bits per heavy atom. The highest BCUT2D eigenvalue weighted by molar-refractivity contribution is 7.93. The van der Waals surface area contributed by atoms with E-state index < -0.39 is 20.7 Å². The lowest BCUT2D eigenvalue weighted by atomic mass is 9.89. The molecule has 0 saturated heterocycles. The number of nitrogens with zero attached hydrogens (tertiary/aromatic N) is 3. The minimum Gasteiger partial charge on any atom is -0.379 e. The van der Waals surface area contributed by atoms with Crippen LogP contribution >= 0.6 is 34.5 Å². The highest BCUT2D eigenvalue weighted by Crippen LogP contribution is 2.36. The van der Waals surface area contributed by atoms with Crippen molar-refractivity contribution in [1.82, 2.24) is 9.88 Å². The maximum absolute atomic E-state index is 15.2. The monoisotopic (exact) mass is 538 g/mol. The molecule has 7 nitrogen and oxygen atoms in total. The zero-order valence-electron chi connectivity index (χ0n) is 19.1. The summed E-state index contributed by atoms with van der Waals surface area (Å²) in [5.74, 6) is -0.903. The number of rotatable bonds is 9. The normalized spacial score (nSPS) is 19.2. The van der Waals surface area contributed by atoms with Gasteiger partial charge in [0.05, 0.1) is 16.4 Å². The van der Waals surface area contributed by atoms with E-state index in [1.54, 1.807) is 13.8 Å². The number of sulfonamides is 1. The number of aromatic nitrogens is 1. The average Bonchev–Trinajstić information content (AvgIpc) is 3.08. The molecule has 1 saturated carbocycles. The van der Waals surface area contributed by atoms with Crippen LogP contribution in [-0.4, -0.2) is 57.8 Å². The molecule has 12 heteroatoms. The maximum Gasteiger partial charge on any atom is 0.271 e. The first kappa shape index (κ1) is 26.4. The van der Waals surface area contributed by atoms with Crippen LogP contribution in [0.15, 0.2) is 17.0 Å². The molecule has 2 aromatic rings. The van der Waals surface area contributed by atoms with Crippen molar-refractivity contribution in [3.8, 4) is 0 Å². The molecule has 0 aliphatic heterocycles. The molecular formula is C21H29Cl2FN4O3S2. The minimum absolute atomic E-state index is 0.0861. The van der Waals surface area contributed by atoms with E-state index in [1.165, 1.54) is 0 Å². The van der Waals surface area contributed by atoms with E-state index in [-0.39, 0.29) is 35.6 Å². The van der Waals surface area contributed by atoms with Crippen molar-refractivity contribution >= 4 is 55.4 Å². The van der Waals surface area contributed by atoms with Crippen LogP contribution in [0.25, 0.3) is 0 Å². The van der Waals surface area contributed by atoms with E-state index in [0.717, 1.165) is 53.5 Å². The molecule has 1 aliphatic rings. The first-order chi connectivity index (χ1) is 15.6. The highest BCUT2D eigenvalue weighted by atomic mass is 35.5. The van der Waals surface area contributed by atoms with Crippen LogP contribution in [0.2, 0.25) is 9.36 Å². The van der Waals surface area contributed by atoms with Gasteiger partial charge < -0.3 is 15.0 Å². The molecular weight excluding hydrogens is 510 g/mol. The number of halogens is 3. The van der Waals surface area contributed by atoms with E-state index in [2.05, 4.69) is 15.2 Å². The Hall–Kier alpha value is -1.17. The third-order valence-electron chi connectivity index (χ3n) is 5.68. The van der Waals surface area contributed by atoms with Crippen LogP contribution in [0.4, 0.5) is 15.2 Å². The van der Waals surface area contributed by atoms with Gasteiger partial charge in [-0.15, -0.1) is 0 Å². The molecule has 2 atom stereocenters. The summed E-state index contributed by atoms with van der Waals surface area (Å²) < 4.78 is 48.6. The summed E-state index contributed by atoms with van der Waals surface area (Å²) in [6, 6.07) is 2.65. The zero-order valence-corrected chi connectivity index (χ0v) is 22.2. The van der Waals surface area contributed by atoms with Crippen LogP contribution in [0.3, 0.4) is 0 Å². The van der Waals surface area contributed by atoms with Gasteiger partial charge in [0.15, 0.2) is 0 Å². The lowest BCUT2D eigenvalue weighted by Crippen LogP contribution is -2.45. The van der Waals surface area contributed by atoms with Gasteiger partial charge in [-0.1, -0.05) is 47.4 Å². The number of ether oxygens (including phenoxy) is 1. The van der Waals surface area contributed by atoms with Crippen molar-refractivity contribution in [2.45, 2.75) is 56.5 Å². The topological polar surface area (TPSA) is 74.8 Å². The predicted octanol–water partition coefficient (Wildman–Crippen LogP) is 5.37. The van der Waals surface area contributed by atoms with Gasteiger partial charge in [0, 0.05) is 18.7 Å². The van der Waals surface area contributed by atoms with E-state index in [9.17, 15) is 8.42 Å². The Bertz CT molecular complexity index is 1060. The van der Waals surface area contributed by atoms with E-state index in [1.807, 2.05) is 14.1 Å². The molecule has 1 aromatic heterocycles. The quantitative estimate of drug-likeness (QED) is 0.432. The molecule has 0 spiro atoms. The fraction of sp³-hybridized carbons (Fsp3) is 0.571. The number of hydrogen-bond acceptors (Lipinski definition) is 7. The van der Waals surface area contributed by atoms with Crippen LogP contribution < -0.4 is 9.62 Å². The summed E-state index contributed by atoms with van der Waals surface area (Å²) in [4.78, 5) is 5.81. The van der Waals surface area contributed by atoms with Crippen molar-refractivity contribution in [3.63, 3.8) is 0 Å². The Morgan fingerprint density at radius 3 is 2.58 bits per heavy atom. The number of benzene rings is 1. The molecule has 1 fully saturated rings. The van der Waals surface area contributed by atoms with Crippen molar-refractivity contribution in [2.75, 3.05) is 37.1 Å². The number of thiazole rings is 1. The van der Waals surface area contributed by atoms with Gasteiger partial charge in [-0.2, -0.15) is 0 Å². The number of anilines is 2. The molecule has 184 valence electrons. The van der Waals surface area contributed by atoms with Crippen LogP contribution in [0, 0.1) is 12.7 Å². The van der Waals surface area contributed by atoms with Crippen LogP contribution in [0.1, 0.15) is 38.3 Å². The SMILES string of the molecule is CCOCN(c1nc(C)c(Cl)s1)S(=O)(=O)c1cc(Cl)c(N[C@H]2CCCC[C@@H]2N(C)C)cc1F. The van der Waals surface area contributed by atoms with Gasteiger partial charge in [0.2, 0.25) is 5.13 Å². The summed E-state index contributed by atoms with van der Waals surface area (Å²) in [5, 5.41) is 3.56. The van der Waals surface area contributed by atoms with Crippen molar-refractivity contribution in [3.05, 3.63) is 33.0 Å². The molecule has 1 N–H and O–H groups in total. The maximum atomic E-state index is 15.2. The lowest BCUT2D eigenvalue weighted by molar-refractivity contribution is 0.157. The van der Waals surface area contributed by atoms with Gasteiger partial charge in [-0.25, -0.2) is 22.1 Å². The molecule has 33 heavy (non-hydrogen) atoms. The first-order valence-electron chi connectivity index (χ1n) is 10.7. The number of hydrogen-bond donors (Lipinski definition) is 1. The van der Waals surface area contributed by atoms with Crippen molar-refractivity contribution in [2.24, 2.45) is 0 Å². The van der Waals surface area contributed by atoms with Gasteiger partial charge >= 0.3 is 0 Å². The molecule has 1 aromatic carbocycles.